The van der Waals surface area contributed by atoms with Gasteiger partial charge in [-0.3, -0.25) is 9.32 Å². The Morgan fingerprint density at radius 1 is 0.438 bits per heavy atom. The fourth-order valence-corrected chi connectivity index (χ4v) is 9.53. The highest BCUT2D eigenvalue weighted by Crippen LogP contribution is 2.36. The van der Waals surface area contributed by atoms with E-state index < -0.39 is 26.6 Å². The lowest BCUT2D eigenvalue weighted by Crippen LogP contribution is -2.45. The van der Waals surface area contributed by atoms with Crippen LogP contribution >= 0.6 is 7.82 Å². The molecule has 64 heavy (non-hydrogen) atoms. The smallest absolute Gasteiger partial charge is 0.387 e. The van der Waals surface area contributed by atoms with E-state index in [9.17, 15) is 24.3 Å². The molecule has 0 aromatic heterocycles. The van der Waals surface area contributed by atoms with E-state index in [0.717, 1.165) is 38.5 Å². The van der Waals surface area contributed by atoms with Crippen molar-refractivity contribution >= 4 is 13.7 Å². The summed E-state index contributed by atoms with van der Waals surface area (Å²) >= 11 is 0. The summed E-state index contributed by atoms with van der Waals surface area (Å²) in [5, 5.41) is 13.4. The summed E-state index contributed by atoms with van der Waals surface area (Å²) in [6.07, 6.45) is 66.0. The molecule has 0 aliphatic heterocycles. The third kappa shape index (κ3) is 52.3. The highest BCUT2D eigenvalue weighted by molar-refractivity contribution is 7.46. The molecule has 0 aromatic carbocycles. The molecule has 1 amide bonds. The molecule has 0 saturated heterocycles. The van der Waals surface area contributed by atoms with Gasteiger partial charge >= 0.3 is 7.82 Å². The third-order valence-electron chi connectivity index (χ3n) is 13.5. The minimum absolute atomic E-state index is 0.220. The predicted molar refractivity (Wildman–Crippen MR) is 278 cm³/mol. The van der Waals surface area contributed by atoms with Crippen LogP contribution in [0.2, 0.25) is 0 Å². The number of hydrogen-bond acceptors (Lipinski definition) is 4. The predicted octanol–water partition coefficient (Wildman–Crippen LogP) is 18.3. The molecule has 0 unspecified atom stereocenters. The zero-order valence-corrected chi connectivity index (χ0v) is 43.9. The topological polar surface area (TPSA) is 116 Å². The van der Waals surface area contributed by atoms with Crippen LogP contribution in [0.5, 0.6) is 0 Å². The minimum atomic E-state index is -4.71. The molecule has 8 heteroatoms. The van der Waals surface area contributed by atoms with Crippen molar-refractivity contribution in [3.05, 3.63) is 12.2 Å². The Kier molecular flexibility index (Phi) is 51.1. The first-order chi connectivity index (χ1) is 31.3. The molecule has 2 atom stereocenters. The lowest BCUT2D eigenvalue weighted by atomic mass is 10.0. The number of aliphatic hydroxyl groups excluding tert-OH is 1. The van der Waals surface area contributed by atoms with Crippen LogP contribution < -0.4 is 5.32 Å². The van der Waals surface area contributed by atoms with E-state index in [1.165, 1.54) is 263 Å². The SMILES string of the molecule is CCCCCCCCCCCC/C=C/[C@@H](O)[C@H](COP(=O)(O)O)NC(=O)CCCCCCCCCCCCCCCCCCCCCCCCCCCCCCCCCCCCCC. The summed E-state index contributed by atoms with van der Waals surface area (Å²) in [5.41, 5.74) is 0. The molecule has 7 nitrogen and oxygen atoms in total. The summed E-state index contributed by atoms with van der Waals surface area (Å²) in [6, 6.07) is -0.906. The van der Waals surface area contributed by atoms with Crippen LogP contribution in [0.3, 0.4) is 0 Å². The van der Waals surface area contributed by atoms with E-state index in [2.05, 4.69) is 23.7 Å². The standard InChI is InChI=1S/C56H112NO6P/c1-3-5-7-9-11-13-15-17-18-19-20-21-22-23-24-25-26-27-28-29-30-31-32-33-34-35-36-37-38-39-40-42-44-46-48-50-52-56(59)57-54(53-63-64(60,61)62)55(58)51-49-47-45-43-41-16-14-12-10-8-6-4-2/h49,51,54-55,58H,3-48,50,52-53H2,1-2H3,(H,57,59)(H2,60,61,62)/b51-49+/t54-,55+/m0/s1. The van der Waals surface area contributed by atoms with Crippen molar-refractivity contribution in [1.82, 2.24) is 5.32 Å². The van der Waals surface area contributed by atoms with Crippen LogP contribution in [0.25, 0.3) is 0 Å². The van der Waals surface area contributed by atoms with Crippen molar-refractivity contribution in [2.75, 3.05) is 6.61 Å². The molecule has 0 heterocycles. The number of aliphatic hydroxyl groups is 1. The molecule has 4 N–H and O–H groups in total. The number of unbranched alkanes of at least 4 members (excludes halogenated alkanes) is 45. The summed E-state index contributed by atoms with van der Waals surface area (Å²) < 4.78 is 16.0. The number of phosphoric acid groups is 1. The average molecular weight is 926 g/mol. The van der Waals surface area contributed by atoms with E-state index >= 15 is 0 Å². The Morgan fingerprint density at radius 2 is 0.688 bits per heavy atom. The largest absolute Gasteiger partial charge is 0.469 e. The van der Waals surface area contributed by atoms with Gasteiger partial charge in [-0.2, -0.15) is 0 Å². The first-order valence-electron chi connectivity index (χ1n) is 28.6. The number of amides is 1. The van der Waals surface area contributed by atoms with Gasteiger partial charge in [0.05, 0.1) is 18.8 Å². The van der Waals surface area contributed by atoms with Crippen LogP contribution in [0.1, 0.15) is 322 Å². The number of allylic oxidation sites excluding steroid dienone is 1. The van der Waals surface area contributed by atoms with Gasteiger partial charge < -0.3 is 20.2 Å². The molecular formula is C56H112NO6P. The quantitative estimate of drug-likeness (QED) is 0.0274. The monoisotopic (exact) mass is 926 g/mol. The van der Waals surface area contributed by atoms with Crippen LogP contribution in [0.4, 0.5) is 0 Å². The van der Waals surface area contributed by atoms with Gasteiger partial charge in [-0.05, 0) is 19.3 Å². The number of nitrogens with one attached hydrogen (secondary N) is 1. The first-order valence-corrected chi connectivity index (χ1v) is 30.2. The summed E-state index contributed by atoms with van der Waals surface area (Å²) in [6.45, 7) is 4.10. The molecule has 0 fully saturated rings. The molecule has 382 valence electrons. The third-order valence-corrected chi connectivity index (χ3v) is 14.0. The lowest BCUT2D eigenvalue weighted by Gasteiger charge is -2.22. The maximum atomic E-state index is 12.6. The van der Waals surface area contributed by atoms with Gasteiger partial charge in [0.1, 0.15) is 0 Å². The lowest BCUT2D eigenvalue weighted by molar-refractivity contribution is -0.123. The van der Waals surface area contributed by atoms with Gasteiger partial charge in [0.15, 0.2) is 0 Å². The van der Waals surface area contributed by atoms with E-state index in [4.69, 9.17) is 0 Å². The van der Waals surface area contributed by atoms with Gasteiger partial charge in [0.2, 0.25) is 5.91 Å². The van der Waals surface area contributed by atoms with Crippen molar-refractivity contribution in [1.29, 1.82) is 0 Å². The normalized spacial score (nSPS) is 13.0. The van der Waals surface area contributed by atoms with Crippen LogP contribution in [-0.2, 0) is 13.9 Å². The zero-order chi connectivity index (χ0) is 46.7. The molecule has 0 aliphatic rings. The van der Waals surface area contributed by atoms with Crippen molar-refractivity contribution in [2.24, 2.45) is 0 Å². The Labute approximate surface area is 399 Å². The van der Waals surface area contributed by atoms with Crippen molar-refractivity contribution in [3.8, 4) is 0 Å². The Balaban J connectivity index is 3.57. The van der Waals surface area contributed by atoms with Gasteiger partial charge in [-0.25, -0.2) is 4.57 Å². The zero-order valence-electron chi connectivity index (χ0n) is 43.0. The number of hydrogen-bond donors (Lipinski definition) is 4. The number of carbonyl (C=O) groups is 1. The molecule has 0 aliphatic carbocycles. The van der Waals surface area contributed by atoms with Gasteiger partial charge in [-0.1, -0.05) is 309 Å². The fraction of sp³-hybridized carbons (Fsp3) is 0.946. The van der Waals surface area contributed by atoms with E-state index in [1.807, 2.05) is 6.08 Å². The van der Waals surface area contributed by atoms with E-state index in [-0.39, 0.29) is 5.91 Å². The molecule has 0 spiro atoms. The van der Waals surface area contributed by atoms with Crippen molar-refractivity contribution in [3.63, 3.8) is 0 Å². The molecule has 0 rings (SSSR count). The van der Waals surface area contributed by atoms with Crippen LogP contribution in [-0.4, -0.2) is 39.6 Å². The van der Waals surface area contributed by atoms with Gasteiger partial charge in [-0.15, -0.1) is 0 Å². The highest BCUT2D eigenvalue weighted by Gasteiger charge is 2.24. The Morgan fingerprint density at radius 3 is 0.953 bits per heavy atom. The molecule has 0 saturated carbocycles. The van der Waals surface area contributed by atoms with Gasteiger partial charge in [0, 0.05) is 6.42 Å². The molecule has 0 aromatic rings. The van der Waals surface area contributed by atoms with Crippen molar-refractivity contribution < 1.29 is 28.8 Å². The number of phosphoric ester groups is 1. The van der Waals surface area contributed by atoms with Crippen molar-refractivity contribution in [2.45, 2.75) is 334 Å². The summed E-state index contributed by atoms with van der Waals surface area (Å²) in [5.74, 6) is -0.220. The minimum Gasteiger partial charge on any atom is -0.387 e. The average Bonchev–Trinajstić information content (AvgIpc) is 3.27. The second kappa shape index (κ2) is 51.7. The number of rotatable bonds is 54. The molecule has 0 bridgehead atoms. The van der Waals surface area contributed by atoms with Gasteiger partial charge in [0.25, 0.3) is 0 Å². The second-order valence-corrected chi connectivity index (χ2v) is 21.2. The van der Waals surface area contributed by atoms with E-state index in [1.54, 1.807) is 6.08 Å². The Hall–Kier alpha value is -0.720. The second-order valence-electron chi connectivity index (χ2n) is 20.0. The summed E-state index contributed by atoms with van der Waals surface area (Å²) in [7, 11) is -4.71. The Bertz CT molecular complexity index is 1000. The first kappa shape index (κ1) is 63.3. The maximum absolute atomic E-state index is 12.6. The van der Waals surface area contributed by atoms with Crippen LogP contribution in [0, 0.1) is 0 Å². The van der Waals surface area contributed by atoms with E-state index in [0.29, 0.717) is 6.42 Å². The van der Waals surface area contributed by atoms with Crippen LogP contribution in [0.15, 0.2) is 12.2 Å². The maximum Gasteiger partial charge on any atom is 0.469 e. The number of carbonyl (C=O) groups excluding carboxylic acids is 1. The molecule has 0 radical (unpaired) electrons. The fourth-order valence-electron chi connectivity index (χ4n) is 9.17. The molecular weight excluding hydrogens is 814 g/mol. The highest BCUT2D eigenvalue weighted by atomic mass is 31.2. The summed E-state index contributed by atoms with van der Waals surface area (Å²) in [4.78, 5) is 31.0.